The molecule has 5 heteroatoms. The van der Waals surface area contributed by atoms with Gasteiger partial charge in [-0.15, -0.1) is 0 Å². The number of anilines is 2. The zero-order chi connectivity index (χ0) is 21.3. The Hall–Kier alpha value is -3.34. The molecule has 2 N–H and O–H groups in total. The SMILES string of the molecule is CCCN(CCC)C(=O)c1ccc(NCC(=O)Nc2cccc3ccccc23)cc1. The topological polar surface area (TPSA) is 61.4 Å². The van der Waals surface area contributed by atoms with Crippen molar-refractivity contribution in [2.24, 2.45) is 0 Å². The fourth-order valence-corrected chi connectivity index (χ4v) is 3.48. The fourth-order valence-electron chi connectivity index (χ4n) is 3.48. The summed E-state index contributed by atoms with van der Waals surface area (Å²) in [6, 6.07) is 21.1. The summed E-state index contributed by atoms with van der Waals surface area (Å²) >= 11 is 0. The smallest absolute Gasteiger partial charge is 0.253 e. The van der Waals surface area contributed by atoms with Crippen molar-refractivity contribution in [2.75, 3.05) is 30.3 Å². The predicted octanol–water partition coefficient (Wildman–Crippen LogP) is 5.15. The molecule has 0 aliphatic rings. The summed E-state index contributed by atoms with van der Waals surface area (Å²) in [5, 5.41) is 8.19. The molecule has 0 aliphatic carbocycles. The highest BCUT2D eigenvalue weighted by atomic mass is 16.2. The lowest BCUT2D eigenvalue weighted by Gasteiger charge is -2.21. The van der Waals surface area contributed by atoms with Crippen molar-refractivity contribution in [1.82, 2.24) is 4.90 Å². The summed E-state index contributed by atoms with van der Waals surface area (Å²) in [5.74, 6) is -0.0671. The zero-order valence-electron chi connectivity index (χ0n) is 17.7. The van der Waals surface area contributed by atoms with Crippen LogP contribution >= 0.6 is 0 Å². The summed E-state index contributed by atoms with van der Waals surface area (Å²) in [7, 11) is 0. The number of carbonyl (C=O) groups is 2. The molecule has 0 atom stereocenters. The number of hydrogen-bond acceptors (Lipinski definition) is 3. The van der Waals surface area contributed by atoms with Crippen molar-refractivity contribution in [2.45, 2.75) is 26.7 Å². The Balaban J connectivity index is 1.58. The van der Waals surface area contributed by atoms with Gasteiger partial charge in [0.1, 0.15) is 0 Å². The van der Waals surface area contributed by atoms with Gasteiger partial charge in [-0.1, -0.05) is 50.2 Å². The number of hydrogen-bond donors (Lipinski definition) is 2. The van der Waals surface area contributed by atoms with Crippen LogP contribution in [0.2, 0.25) is 0 Å². The highest BCUT2D eigenvalue weighted by molar-refractivity contribution is 6.03. The Morgan fingerprint density at radius 2 is 1.50 bits per heavy atom. The van der Waals surface area contributed by atoms with Gasteiger partial charge in [0.05, 0.1) is 6.54 Å². The molecule has 30 heavy (non-hydrogen) atoms. The number of nitrogens with one attached hydrogen (secondary N) is 2. The molecule has 0 unspecified atom stereocenters. The van der Waals surface area contributed by atoms with E-state index in [1.54, 1.807) is 0 Å². The van der Waals surface area contributed by atoms with Gasteiger partial charge < -0.3 is 15.5 Å². The van der Waals surface area contributed by atoms with Gasteiger partial charge in [-0.25, -0.2) is 0 Å². The van der Waals surface area contributed by atoms with E-state index in [9.17, 15) is 9.59 Å². The molecule has 0 aliphatic heterocycles. The van der Waals surface area contributed by atoms with Crippen molar-refractivity contribution >= 4 is 34.0 Å². The molecule has 3 aromatic carbocycles. The third kappa shape index (κ3) is 5.38. The molecule has 0 saturated heterocycles. The van der Waals surface area contributed by atoms with E-state index >= 15 is 0 Å². The van der Waals surface area contributed by atoms with E-state index in [4.69, 9.17) is 0 Å². The summed E-state index contributed by atoms with van der Waals surface area (Å²) in [6.45, 7) is 5.83. The lowest BCUT2D eigenvalue weighted by Crippen LogP contribution is -2.32. The zero-order valence-corrected chi connectivity index (χ0v) is 17.7. The second-order valence-electron chi connectivity index (χ2n) is 7.30. The molecule has 5 nitrogen and oxygen atoms in total. The van der Waals surface area contributed by atoms with E-state index in [0.717, 1.165) is 48.1 Å². The molecule has 0 radical (unpaired) electrons. The molecule has 156 valence electrons. The van der Waals surface area contributed by atoms with E-state index in [1.807, 2.05) is 71.6 Å². The van der Waals surface area contributed by atoms with Crippen molar-refractivity contribution in [1.29, 1.82) is 0 Å². The monoisotopic (exact) mass is 403 g/mol. The van der Waals surface area contributed by atoms with Crippen LogP contribution in [-0.4, -0.2) is 36.3 Å². The summed E-state index contributed by atoms with van der Waals surface area (Å²) in [5.41, 5.74) is 2.27. The fraction of sp³-hybridized carbons (Fsp3) is 0.280. The van der Waals surface area contributed by atoms with Crippen LogP contribution in [0.1, 0.15) is 37.0 Å². The number of carbonyl (C=O) groups excluding carboxylic acids is 2. The van der Waals surface area contributed by atoms with Crippen molar-refractivity contribution in [3.63, 3.8) is 0 Å². The lowest BCUT2D eigenvalue weighted by molar-refractivity contribution is -0.114. The minimum absolute atomic E-state index is 0.0546. The van der Waals surface area contributed by atoms with E-state index < -0.39 is 0 Å². The van der Waals surface area contributed by atoms with Gasteiger partial charge in [0.2, 0.25) is 5.91 Å². The molecule has 0 aromatic heterocycles. The third-order valence-corrected chi connectivity index (χ3v) is 4.92. The number of nitrogens with zero attached hydrogens (tertiary/aromatic N) is 1. The van der Waals surface area contributed by atoms with Gasteiger partial charge in [0.25, 0.3) is 5.91 Å². The van der Waals surface area contributed by atoms with E-state index in [0.29, 0.717) is 5.56 Å². The minimum Gasteiger partial charge on any atom is -0.376 e. The third-order valence-electron chi connectivity index (χ3n) is 4.92. The number of fused-ring (bicyclic) bond motifs is 1. The van der Waals surface area contributed by atoms with Crippen LogP contribution in [-0.2, 0) is 4.79 Å². The van der Waals surface area contributed by atoms with Crippen LogP contribution in [0.5, 0.6) is 0 Å². The van der Waals surface area contributed by atoms with E-state index in [-0.39, 0.29) is 18.4 Å². The van der Waals surface area contributed by atoms with Crippen LogP contribution in [0.25, 0.3) is 10.8 Å². The van der Waals surface area contributed by atoms with Gasteiger partial charge in [0, 0.05) is 35.4 Å². The molecule has 3 rings (SSSR count). The Morgan fingerprint density at radius 3 is 2.20 bits per heavy atom. The van der Waals surface area contributed by atoms with E-state index in [2.05, 4.69) is 24.5 Å². The molecule has 0 saturated carbocycles. The van der Waals surface area contributed by atoms with Crippen molar-refractivity contribution in [3.05, 3.63) is 72.3 Å². The second-order valence-corrected chi connectivity index (χ2v) is 7.30. The maximum Gasteiger partial charge on any atom is 0.253 e. The largest absolute Gasteiger partial charge is 0.376 e. The first-order valence-corrected chi connectivity index (χ1v) is 10.5. The van der Waals surface area contributed by atoms with Crippen LogP contribution in [0.4, 0.5) is 11.4 Å². The van der Waals surface area contributed by atoms with Gasteiger partial charge >= 0.3 is 0 Å². The standard InChI is InChI=1S/C25H29N3O2/c1-3-16-28(17-4-2)25(30)20-12-14-21(15-13-20)26-18-24(29)27-23-11-7-9-19-8-5-6-10-22(19)23/h5-15,26H,3-4,16-18H2,1-2H3,(H,27,29). The number of benzene rings is 3. The van der Waals surface area contributed by atoms with Crippen molar-refractivity contribution in [3.8, 4) is 0 Å². The number of rotatable bonds is 9. The molecule has 3 aromatic rings. The second kappa shape index (κ2) is 10.4. The van der Waals surface area contributed by atoms with E-state index in [1.165, 1.54) is 0 Å². The molecule has 0 bridgehead atoms. The molecular weight excluding hydrogens is 374 g/mol. The molecule has 0 spiro atoms. The van der Waals surface area contributed by atoms with Crippen LogP contribution in [0.3, 0.4) is 0 Å². The Morgan fingerprint density at radius 1 is 0.833 bits per heavy atom. The minimum atomic E-state index is -0.122. The molecule has 0 heterocycles. The summed E-state index contributed by atoms with van der Waals surface area (Å²) in [4.78, 5) is 26.9. The van der Waals surface area contributed by atoms with Crippen LogP contribution in [0.15, 0.2) is 66.7 Å². The summed E-state index contributed by atoms with van der Waals surface area (Å²) < 4.78 is 0. The molecule has 2 amide bonds. The average Bonchev–Trinajstić information content (AvgIpc) is 2.78. The van der Waals surface area contributed by atoms with Gasteiger partial charge in [0.15, 0.2) is 0 Å². The first-order chi connectivity index (χ1) is 14.6. The van der Waals surface area contributed by atoms with Gasteiger partial charge in [-0.2, -0.15) is 0 Å². The van der Waals surface area contributed by atoms with Crippen LogP contribution < -0.4 is 10.6 Å². The first-order valence-electron chi connectivity index (χ1n) is 10.5. The normalized spacial score (nSPS) is 10.6. The maximum absolute atomic E-state index is 12.7. The maximum atomic E-state index is 12.7. The quantitative estimate of drug-likeness (QED) is 0.519. The molecule has 0 fully saturated rings. The van der Waals surface area contributed by atoms with Crippen LogP contribution in [0, 0.1) is 0 Å². The summed E-state index contributed by atoms with van der Waals surface area (Å²) in [6.07, 6.45) is 1.88. The Bertz CT molecular complexity index is 987. The van der Waals surface area contributed by atoms with Crippen molar-refractivity contribution < 1.29 is 9.59 Å². The molecular formula is C25H29N3O2. The Kier molecular flexibility index (Phi) is 7.44. The number of amides is 2. The van der Waals surface area contributed by atoms with Gasteiger partial charge in [-0.05, 0) is 48.6 Å². The highest BCUT2D eigenvalue weighted by Gasteiger charge is 2.14. The predicted molar refractivity (Wildman–Crippen MR) is 124 cm³/mol. The van der Waals surface area contributed by atoms with Gasteiger partial charge in [-0.3, -0.25) is 9.59 Å². The Labute approximate surface area is 178 Å². The lowest BCUT2D eigenvalue weighted by atomic mass is 10.1. The average molecular weight is 404 g/mol. The first kappa shape index (κ1) is 21.4. The highest BCUT2D eigenvalue weighted by Crippen LogP contribution is 2.22.